The van der Waals surface area contributed by atoms with Gasteiger partial charge in [-0.1, -0.05) is 17.7 Å². The third kappa shape index (κ3) is 4.88. The van der Waals surface area contributed by atoms with Gasteiger partial charge >= 0.3 is 6.03 Å². The molecule has 0 saturated carbocycles. The van der Waals surface area contributed by atoms with Crippen LogP contribution in [0.2, 0.25) is 0 Å². The molecule has 0 radical (unpaired) electrons. The number of nitrogens with zero attached hydrogens (tertiary/aromatic N) is 1. The van der Waals surface area contributed by atoms with Crippen molar-refractivity contribution >= 4 is 23.3 Å². The number of carbonyl (C=O) groups excluding carboxylic acids is 2. The number of carbonyl (C=O) groups is 2. The molecule has 0 atom stereocenters. The van der Waals surface area contributed by atoms with E-state index in [4.69, 9.17) is 4.74 Å². The highest BCUT2D eigenvalue weighted by Crippen LogP contribution is 2.28. The van der Waals surface area contributed by atoms with Gasteiger partial charge in [0.25, 0.3) is 0 Å². The van der Waals surface area contributed by atoms with Crippen molar-refractivity contribution in [3.8, 4) is 5.75 Å². The average molecular weight is 393 g/mol. The smallest absolute Gasteiger partial charge is 0.321 e. The summed E-state index contributed by atoms with van der Waals surface area (Å²) < 4.78 is 6.01. The maximum Gasteiger partial charge on any atom is 0.321 e. The summed E-state index contributed by atoms with van der Waals surface area (Å²) in [6.45, 7) is 4.16. The lowest BCUT2D eigenvalue weighted by Gasteiger charge is -2.32. The van der Waals surface area contributed by atoms with Crippen molar-refractivity contribution in [1.82, 2.24) is 4.90 Å². The molecule has 0 unspecified atom stereocenters. The van der Waals surface area contributed by atoms with Gasteiger partial charge in [-0.15, -0.1) is 0 Å². The molecule has 2 aromatic rings. The van der Waals surface area contributed by atoms with E-state index >= 15 is 0 Å². The number of aryl methyl sites for hydroxylation is 2. The van der Waals surface area contributed by atoms with Gasteiger partial charge in [-0.05, 0) is 68.0 Å². The number of urea groups is 1. The van der Waals surface area contributed by atoms with Crippen LogP contribution in [-0.2, 0) is 11.2 Å². The number of nitrogens with one attached hydrogen (secondary N) is 2. The topological polar surface area (TPSA) is 70.7 Å². The first kappa shape index (κ1) is 19.3. The van der Waals surface area contributed by atoms with Gasteiger partial charge in [-0.2, -0.15) is 0 Å². The zero-order valence-electron chi connectivity index (χ0n) is 16.7. The Kier molecular flexibility index (Phi) is 5.69. The van der Waals surface area contributed by atoms with Gasteiger partial charge in [0.2, 0.25) is 5.91 Å². The Morgan fingerprint density at radius 1 is 1.14 bits per heavy atom. The molecule has 4 rings (SSSR count). The van der Waals surface area contributed by atoms with Crippen molar-refractivity contribution < 1.29 is 14.3 Å². The largest absolute Gasteiger partial charge is 0.493 e. The first-order valence-corrected chi connectivity index (χ1v) is 10.2. The highest BCUT2D eigenvalue weighted by Gasteiger charge is 2.23. The summed E-state index contributed by atoms with van der Waals surface area (Å²) in [6, 6.07) is 13.7. The summed E-state index contributed by atoms with van der Waals surface area (Å²) in [7, 11) is 0. The van der Waals surface area contributed by atoms with Crippen molar-refractivity contribution in [2.45, 2.75) is 32.6 Å². The van der Waals surface area contributed by atoms with Crippen LogP contribution in [0.25, 0.3) is 0 Å². The third-order valence-corrected chi connectivity index (χ3v) is 5.66. The van der Waals surface area contributed by atoms with E-state index < -0.39 is 0 Å². The van der Waals surface area contributed by atoms with E-state index in [1.807, 2.05) is 54.3 Å². The fraction of sp³-hybridized carbons (Fsp3) is 0.391. The van der Waals surface area contributed by atoms with Crippen LogP contribution in [0.1, 0.15) is 30.4 Å². The number of benzene rings is 2. The van der Waals surface area contributed by atoms with E-state index in [-0.39, 0.29) is 11.9 Å². The number of piperidine rings is 1. The monoisotopic (exact) mass is 393 g/mol. The Balaban J connectivity index is 1.23. The quantitative estimate of drug-likeness (QED) is 0.818. The van der Waals surface area contributed by atoms with Crippen LogP contribution in [0.15, 0.2) is 42.5 Å². The van der Waals surface area contributed by atoms with Crippen molar-refractivity contribution in [2.24, 2.45) is 5.92 Å². The third-order valence-electron chi connectivity index (χ3n) is 5.66. The van der Waals surface area contributed by atoms with Crippen LogP contribution in [0.5, 0.6) is 5.75 Å². The van der Waals surface area contributed by atoms with Gasteiger partial charge in [0.05, 0.1) is 6.61 Å². The zero-order valence-corrected chi connectivity index (χ0v) is 16.7. The number of rotatable bonds is 4. The minimum absolute atomic E-state index is 0.0371. The van der Waals surface area contributed by atoms with E-state index in [1.165, 1.54) is 5.56 Å². The lowest BCUT2D eigenvalue weighted by molar-refractivity contribution is -0.116. The molecule has 1 fully saturated rings. The number of hydrogen-bond donors (Lipinski definition) is 2. The maximum atomic E-state index is 12.5. The molecule has 2 heterocycles. The van der Waals surface area contributed by atoms with E-state index in [2.05, 4.69) is 10.6 Å². The predicted molar refractivity (Wildman–Crippen MR) is 113 cm³/mol. The minimum Gasteiger partial charge on any atom is -0.493 e. The van der Waals surface area contributed by atoms with Gasteiger partial charge < -0.3 is 20.3 Å². The summed E-state index contributed by atoms with van der Waals surface area (Å²) in [5, 5.41) is 5.86. The summed E-state index contributed by atoms with van der Waals surface area (Å²) in [6.07, 6.45) is 3.15. The van der Waals surface area contributed by atoms with Gasteiger partial charge in [-0.3, -0.25) is 4.79 Å². The van der Waals surface area contributed by atoms with E-state index in [0.29, 0.717) is 18.9 Å². The molecular weight excluding hydrogens is 366 g/mol. The Hall–Kier alpha value is -3.02. The number of anilines is 2. The Bertz CT molecular complexity index is 887. The molecule has 2 aromatic carbocycles. The molecule has 152 valence electrons. The van der Waals surface area contributed by atoms with Crippen LogP contribution >= 0.6 is 0 Å². The summed E-state index contributed by atoms with van der Waals surface area (Å²) in [4.78, 5) is 25.8. The first-order valence-electron chi connectivity index (χ1n) is 10.2. The predicted octanol–water partition coefficient (Wildman–Crippen LogP) is 4.20. The van der Waals surface area contributed by atoms with E-state index in [0.717, 1.165) is 55.0 Å². The standard InChI is InChI=1S/C23H27N3O3/c1-16-2-5-19(6-3-16)24-23(28)26-12-10-17(11-13-26)15-29-20-7-8-21-18(14-20)4-9-22(27)25-21/h2-3,5-8,14,17H,4,9-13,15H2,1H3,(H,24,28)(H,25,27). The number of amides is 3. The van der Waals surface area contributed by atoms with Gasteiger partial charge in [-0.25, -0.2) is 4.79 Å². The van der Waals surface area contributed by atoms with Crippen molar-refractivity contribution in [3.05, 3.63) is 53.6 Å². The molecule has 2 aliphatic heterocycles. The number of fused-ring (bicyclic) bond motifs is 1. The maximum absolute atomic E-state index is 12.5. The molecule has 2 aliphatic rings. The molecule has 6 nitrogen and oxygen atoms in total. The molecule has 3 amide bonds. The first-order chi connectivity index (χ1) is 14.1. The fourth-order valence-electron chi connectivity index (χ4n) is 3.81. The van der Waals surface area contributed by atoms with E-state index in [1.54, 1.807) is 0 Å². The lowest BCUT2D eigenvalue weighted by atomic mass is 9.98. The Labute approximate surface area is 171 Å². The summed E-state index contributed by atoms with van der Waals surface area (Å²) >= 11 is 0. The molecular formula is C23H27N3O3. The number of ether oxygens (including phenoxy) is 1. The molecule has 0 spiro atoms. The van der Waals surface area contributed by atoms with E-state index in [9.17, 15) is 9.59 Å². The highest BCUT2D eigenvalue weighted by molar-refractivity contribution is 5.94. The van der Waals surface area contributed by atoms with Crippen molar-refractivity contribution in [1.29, 1.82) is 0 Å². The fourth-order valence-corrected chi connectivity index (χ4v) is 3.81. The van der Waals surface area contributed by atoms with Gasteiger partial charge in [0, 0.05) is 30.9 Å². The highest BCUT2D eigenvalue weighted by atomic mass is 16.5. The molecule has 6 heteroatoms. The second-order valence-corrected chi connectivity index (χ2v) is 7.90. The van der Waals surface area contributed by atoms with Crippen molar-refractivity contribution in [2.75, 3.05) is 30.3 Å². The normalized spacial score (nSPS) is 16.7. The number of likely N-dealkylation sites (tertiary alicyclic amines) is 1. The average Bonchev–Trinajstić information content (AvgIpc) is 2.74. The van der Waals surface area contributed by atoms with Gasteiger partial charge in [0.15, 0.2) is 0 Å². The van der Waals surface area contributed by atoms with Crippen LogP contribution in [0.3, 0.4) is 0 Å². The Morgan fingerprint density at radius 3 is 2.66 bits per heavy atom. The molecule has 0 aromatic heterocycles. The minimum atomic E-state index is -0.0371. The van der Waals surface area contributed by atoms with Crippen LogP contribution < -0.4 is 15.4 Å². The summed E-state index contributed by atoms with van der Waals surface area (Å²) in [5.74, 6) is 1.36. The SMILES string of the molecule is Cc1ccc(NC(=O)N2CCC(COc3ccc4c(c3)CCC(=O)N4)CC2)cc1. The van der Waals surface area contributed by atoms with Crippen LogP contribution in [0, 0.1) is 12.8 Å². The molecule has 2 N–H and O–H groups in total. The van der Waals surface area contributed by atoms with Crippen LogP contribution in [0.4, 0.5) is 16.2 Å². The molecule has 1 saturated heterocycles. The lowest BCUT2D eigenvalue weighted by Crippen LogP contribution is -2.42. The van der Waals surface area contributed by atoms with Crippen molar-refractivity contribution in [3.63, 3.8) is 0 Å². The van der Waals surface area contributed by atoms with Crippen LogP contribution in [-0.4, -0.2) is 36.5 Å². The second-order valence-electron chi connectivity index (χ2n) is 7.90. The molecule has 0 bridgehead atoms. The Morgan fingerprint density at radius 2 is 1.90 bits per heavy atom. The van der Waals surface area contributed by atoms with Gasteiger partial charge in [0.1, 0.15) is 5.75 Å². The zero-order chi connectivity index (χ0) is 20.2. The summed E-state index contributed by atoms with van der Waals surface area (Å²) in [5.41, 5.74) is 4.02. The number of hydrogen-bond acceptors (Lipinski definition) is 3. The molecule has 29 heavy (non-hydrogen) atoms. The second kappa shape index (κ2) is 8.55. The molecule has 0 aliphatic carbocycles.